The van der Waals surface area contributed by atoms with E-state index in [9.17, 15) is 4.79 Å². The van der Waals surface area contributed by atoms with Crippen LogP contribution in [0.5, 0.6) is 0 Å². The SMILES string of the molecule is O=C(Nc1cccc(Cl)c1)C1CNc2ccccc21. The van der Waals surface area contributed by atoms with Gasteiger partial charge in [0.2, 0.25) is 5.91 Å². The second kappa shape index (κ2) is 4.94. The molecule has 0 radical (unpaired) electrons. The molecule has 1 amide bonds. The third-order valence-electron chi connectivity index (χ3n) is 3.24. The number of amides is 1. The molecular weight excluding hydrogens is 260 g/mol. The van der Waals surface area contributed by atoms with Gasteiger partial charge in [0.05, 0.1) is 5.92 Å². The van der Waals surface area contributed by atoms with Crippen molar-refractivity contribution in [1.29, 1.82) is 0 Å². The number of halogens is 1. The minimum Gasteiger partial charge on any atom is -0.384 e. The number of anilines is 2. The highest BCUT2D eigenvalue weighted by molar-refractivity contribution is 6.30. The molecule has 0 fully saturated rings. The molecule has 0 bridgehead atoms. The lowest BCUT2D eigenvalue weighted by Gasteiger charge is -2.11. The van der Waals surface area contributed by atoms with E-state index in [4.69, 9.17) is 11.6 Å². The molecule has 0 saturated carbocycles. The van der Waals surface area contributed by atoms with Crippen molar-refractivity contribution in [3.8, 4) is 0 Å². The van der Waals surface area contributed by atoms with E-state index in [1.165, 1.54) is 0 Å². The summed E-state index contributed by atoms with van der Waals surface area (Å²) >= 11 is 5.91. The quantitative estimate of drug-likeness (QED) is 0.879. The second-order valence-electron chi connectivity index (χ2n) is 4.52. The first-order valence-corrected chi connectivity index (χ1v) is 6.51. The number of carbonyl (C=O) groups is 1. The molecule has 2 aromatic rings. The Bertz CT molecular complexity index is 627. The number of fused-ring (bicyclic) bond motifs is 1. The molecule has 4 heteroatoms. The van der Waals surface area contributed by atoms with Gasteiger partial charge in [-0.15, -0.1) is 0 Å². The van der Waals surface area contributed by atoms with E-state index < -0.39 is 0 Å². The van der Waals surface area contributed by atoms with Gasteiger partial charge in [-0.1, -0.05) is 35.9 Å². The molecule has 1 unspecified atom stereocenters. The van der Waals surface area contributed by atoms with Crippen molar-refractivity contribution in [1.82, 2.24) is 0 Å². The third-order valence-corrected chi connectivity index (χ3v) is 3.48. The molecule has 0 aromatic heterocycles. The smallest absolute Gasteiger partial charge is 0.233 e. The van der Waals surface area contributed by atoms with E-state index in [0.717, 1.165) is 16.9 Å². The lowest BCUT2D eigenvalue weighted by molar-refractivity contribution is -0.117. The molecule has 1 atom stereocenters. The maximum atomic E-state index is 12.3. The van der Waals surface area contributed by atoms with Gasteiger partial charge in [-0.05, 0) is 29.8 Å². The zero-order valence-electron chi connectivity index (χ0n) is 10.2. The minimum absolute atomic E-state index is 0.0142. The van der Waals surface area contributed by atoms with Crippen molar-refractivity contribution in [3.05, 3.63) is 59.1 Å². The van der Waals surface area contributed by atoms with E-state index in [2.05, 4.69) is 10.6 Å². The number of hydrogen-bond donors (Lipinski definition) is 2. The lowest BCUT2D eigenvalue weighted by atomic mass is 10.0. The summed E-state index contributed by atoms with van der Waals surface area (Å²) in [5.74, 6) is -0.171. The molecule has 3 nitrogen and oxygen atoms in total. The van der Waals surface area contributed by atoms with Gasteiger partial charge < -0.3 is 10.6 Å². The van der Waals surface area contributed by atoms with Crippen LogP contribution in [0.15, 0.2) is 48.5 Å². The first-order valence-electron chi connectivity index (χ1n) is 6.13. The first kappa shape index (κ1) is 12.1. The number of nitrogens with one attached hydrogen (secondary N) is 2. The van der Waals surface area contributed by atoms with Crippen LogP contribution in [0.25, 0.3) is 0 Å². The third kappa shape index (κ3) is 2.42. The van der Waals surface area contributed by atoms with E-state index in [-0.39, 0.29) is 11.8 Å². The fourth-order valence-corrected chi connectivity index (χ4v) is 2.50. The summed E-state index contributed by atoms with van der Waals surface area (Å²) in [6.45, 7) is 0.631. The Labute approximate surface area is 116 Å². The number of rotatable bonds is 2. The highest BCUT2D eigenvalue weighted by Crippen LogP contribution is 2.31. The molecule has 96 valence electrons. The Balaban J connectivity index is 1.79. The van der Waals surface area contributed by atoms with Crippen LogP contribution in [0.2, 0.25) is 5.02 Å². The zero-order valence-corrected chi connectivity index (χ0v) is 10.9. The monoisotopic (exact) mass is 272 g/mol. The molecular formula is C15H13ClN2O. The van der Waals surface area contributed by atoms with Gasteiger partial charge in [-0.2, -0.15) is 0 Å². The van der Waals surface area contributed by atoms with Gasteiger partial charge >= 0.3 is 0 Å². The molecule has 0 saturated heterocycles. The summed E-state index contributed by atoms with van der Waals surface area (Å²) in [7, 11) is 0. The predicted octanol–water partition coefficient (Wildman–Crippen LogP) is 3.49. The Hall–Kier alpha value is -2.00. The van der Waals surface area contributed by atoms with E-state index in [1.54, 1.807) is 12.1 Å². The summed E-state index contributed by atoms with van der Waals surface area (Å²) in [5.41, 5.74) is 2.80. The predicted molar refractivity (Wildman–Crippen MR) is 77.8 cm³/mol. The van der Waals surface area contributed by atoms with Crippen molar-refractivity contribution in [2.45, 2.75) is 5.92 Å². The molecule has 19 heavy (non-hydrogen) atoms. The van der Waals surface area contributed by atoms with Gasteiger partial charge in [-0.25, -0.2) is 0 Å². The largest absolute Gasteiger partial charge is 0.384 e. The van der Waals surface area contributed by atoms with Crippen LogP contribution in [0.3, 0.4) is 0 Å². The Morgan fingerprint density at radius 3 is 2.89 bits per heavy atom. The van der Waals surface area contributed by atoms with E-state index >= 15 is 0 Å². The minimum atomic E-state index is -0.157. The Kier molecular flexibility index (Phi) is 3.13. The summed E-state index contributed by atoms with van der Waals surface area (Å²) in [6.07, 6.45) is 0. The fourth-order valence-electron chi connectivity index (χ4n) is 2.31. The summed E-state index contributed by atoms with van der Waals surface area (Å²) in [5, 5.41) is 6.76. The zero-order chi connectivity index (χ0) is 13.2. The molecule has 0 aliphatic carbocycles. The molecule has 2 N–H and O–H groups in total. The Morgan fingerprint density at radius 2 is 2.05 bits per heavy atom. The second-order valence-corrected chi connectivity index (χ2v) is 4.96. The summed E-state index contributed by atoms with van der Waals surface area (Å²) in [6, 6.07) is 15.1. The summed E-state index contributed by atoms with van der Waals surface area (Å²) in [4.78, 5) is 12.3. The van der Waals surface area contributed by atoms with Crippen LogP contribution in [-0.2, 0) is 4.79 Å². The molecule has 0 spiro atoms. The highest BCUT2D eigenvalue weighted by Gasteiger charge is 2.27. The van der Waals surface area contributed by atoms with Crippen molar-refractivity contribution >= 4 is 28.9 Å². The number of para-hydroxylation sites is 1. The topological polar surface area (TPSA) is 41.1 Å². The molecule has 1 aliphatic heterocycles. The van der Waals surface area contributed by atoms with Crippen molar-refractivity contribution in [2.24, 2.45) is 0 Å². The summed E-state index contributed by atoms with van der Waals surface area (Å²) < 4.78 is 0. The molecule has 1 aliphatic rings. The lowest BCUT2D eigenvalue weighted by Crippen LogP contribution is -2.22. The van der Waals surface area contributed by atoms with Gasteiger partial charge in [0.1, 0.15) is 0 Å². The maximum absolute atomic E-state index is 12.3. The van der Waals surface area contributed by atoms with Gasteiger partial charge in [0, 0.05) is 22.9 Å². The number of hydrogen-bond acceptors (Lipinski definition) is 2. The average Bonchev–Trinajstić information content (AvgIpc) is 2.82. The maximum Gasteiger partial charge on any atom is 0.233 e. The number of carbonyl (C=O) groups excluding carboxylic acids is 1. The highest BCUT2D eigenvalue weighted by atomic mass is 35.5. The van der Waals surface area contributed by atoms with Crippen LogP contribution < -0.4 is 10.6 Å². The van der Waals surface area contributed by atoms with E-state index in [1.807, 2.05) is 36.4 Å². The van der Waals surface area contributed by atoms with Crippen molar-refractivity contribution in [2.75, 3.05) is 17.2 Å². The molecule has 1 heterocycles. The Morgan fingerprint density at radius 1 is 1.21 bits per heavy atom. The van der Waals surface area contributed by atoms with Crippen LogP contribution in [-0.4, -0.2) is 12.5 Å². The first-order chi connectivity index (χ1) is 9.24. The average molecular weight is 273 g/mol. The van der Waals surface area contributed by atoms with Crippen LogP contribution in [0, 0.1) is 0 Å². The van der Waals surface area contributed by atoms with Gasteiger partial charge in [0.25, 0.3) is 0 Å². The van der Waals surface area contributed by atoms with Crippen molar-refractivity contribution < 1.29 is 4.79 Å². The molecule has 3 rings (SSSR count). The number of benzene rings is 2. The van der Waals surface area contributed by atoms with Crippen molar-refractivity contribution in [3.63, 3.8) is 0 Å². The van der Waals surface area contributed by atoms with E-state index in [0.29, 0.717) is 11.6 Å². The normalized spacial score (nSPS) is 16.6. The molecule has 2 aromatic carbocycles. The van der Waals surface area contributed by atoms with Gasteiger partial charge in [0.15, 0.2) is 0 Å². The van der Waals surface area contributed by atoms with Crippen LogP contribution >= 0.6 is 11.6 Å². The van der Waals surface area contributed by atoms with Gasteiger partial charge in [-0.3, -0.25) is 4.79 Å². The fraction of sp³-hybridized carbons (Fsp3) is 0.133. The standard InChI is InChI=1S/C15H13ClN2O/c16-10-4-3-5-11(8-10)18-15(19)13-9-17-14-7-2-1-6-12(13)14/h1-8,13,17H,9H2,(H,18,19). The van der Waals surface area contributed by atoms with Crippen LogP contribution in [0.4, 0.5) is 11.4 Å². The van der Waals surface area contributed by atoms with Crippen LogP contribution in [0.1, 0.15) is 11.5 Å².